The first kappa shape index (κ1) is 29.4. The second kappa shape index (κ2) is 11.8. The van der Waals surface area contributed by atoms with Crippen molar-refractivity contribution in [3.05, 3.63) is 71.7 Å². The molecule has 230 valence electrons. The summed E-state index contributed by atoms with van der Waals surface area (Å²) in [5.74, 6) is -2.59. The van der Waals surface area contributed by atoms with Gasteiger partial charge >= 0.3 is 0 Å². The van der Waals surface area contributed by atoms with Gasteiger partial charge in [0.2, 0.25) is 5.82 Å². The molecule has 10 nitrogen and oxygen atoms in total. The van der Waals surface area contributed by atoms with E-state index in [2.05, 4.69) is 20.6 Å². The number of carbonyl (C=O) groups excluding carboxylic acids is 2. The summed E-state index contributed by atoms with van der Waals surface area (Å²) in [5.41, 5.74) is 0.801. The van der Waals surface area contributed by atoms with Crippen LogP contribution in [0.5, 0.6) is 5.75 Å². The standard InChI is InChI=1S/C31H32F3N7O3/c1-19-17-20(3-4-21(19)29(42)39-13-15-40(16-14-39)30(43)31(34)7-9-35-10-8-31)38-27-28-37-18-23(41(28)12-11-36-27)22-5-6-24(44-2)26(33)25(22)32/h3-6,11-12,17-18,35H,7-10,13-16H2,1-2H3,(H,36,38). The van der Waals surface area contributed by atoms with Crippen LogP contribution in [0.2, 0.25) is 0 Å². The number of piperazine rings is 1. The first-order valence-electron chi connectivity index (χ1n) is 14.4. The number of aromatic nitrogens is 3. The quantitative estimate of drug-likeness (QED) is 0.340. The zero-order chi connectivity index (χ0) is 31.0. The molecule has 6 rings (SSSR count). The SMILES string of the molecule is COc1ccc(-c2cnc3c(Nc4ccc(C(=O)N5CCN(C(=O)C6(F)CCNCC6)CC5)c(C)c4)nccn23)c(F)c1F. The van der Waals surface area contributed by atoms with Gasteiger partial charge in [-0.2, -0.15) is 4.39 Å². The van der Waals surface area contributed by atoms with Crippen molar-refractivity contribution in [1.29, 1.82) is 0 Å². The fraction of sp³-hybridized carbons (Fsp3) is 0.355. The number of benzene rings is 2. The number of hydrogen-bond donors (Lipinski definition) is 2. The van der Waals surface area contributed by atoms with Crippen LogP contribution < -0.4 is 15.4 Å². The average Bonchev–Trinajstić information content (AvgIpc) is 3.47. The highest BCUT2D eigenvalue weighted by atomic mass is 19.2. The maximum absolute atomic E-state index is 15.2. The summed E-state index contributed by atoms with van der Waals surface area (Å²) in [6.45, 7) is 4.00. The lowest BCUT2D eigenvalue weighted by Crippen LogP contribution is -2.57. The first-order valence-corrected chi connectivity index (χ1v) is 14.4. The van der Waals surface area contributed by atoms with Crippen LogP contribution in [0, 0.1) is 18.6 Å². The Kier molecular flexibility index (Phi) is 7.89. The van der Waals surface area contributed by atoms with Crippen LogP contribution >= 0.6 is 0 Å². The van der Waals surface area contributed by atoms with Gasteiger partial charge in [-0.1, -0.05) is 0 Å². The van der Waals surface area contributed by atoms with Crippen LogP contribution in [0.4, 0.5) is 24.7 Å². The summed E-state index contributed by atoms with van der Waals surface area (Å²) >= 11 is 0. The molecule has 44 heavy (non-hydrogen) atoms. The molecule has 4 aromatic rings. The van der Waals surface area contributed by atoms with Crippen molar-refractivity contribution in [2.24, 2.45) is 0 Å². The molecule has 0 radical (unpaired) electrons. The Balaban J connectivity index is 1.15. The number of imidazole rings is 1. The molecule has 2 fully saturated rings. The molecule has 0 unspecified atom stereocenters. The topological polar surface area (TPSA) is 104 Å². The highest BCUT2D eigenvalue weighted by Crippen LogP contribution is 2.32. The van der Waals surface area contributed by atoms with Crippen LogP contribution in [-0.4, -0.2) is 88.0 Å². The van der Waals surface area contributed by atoms with Crippen LogP contribution in [0.3, 0.4) is 0 Å². The maximum Gasteiger partial charge on any atom is 0.260 e. The van der Waals surface area contributed by atoms with Gasteiger partial charge in [0, 0.05) is 68.2 Å². The summed E-state index contributed by atoms with van der Waals surface area (Å²) in [7, 11) is 1.27. The minimum Gasteiger partial charge on any atom is -0.494 e. The van der Waals surface area contributed by atoms with Crippen molar-refractivity contribution in [1.82, 2.24) is 29.5 Å². The third kappa shape index (κ3) is 5.32. The Morgan fingerprint density at radius 3 is 2.43 bits per heavy atom. The molecule has 2 saturated heterocycles. The Labute approximate surface area is 251 Å². The smallest absolute Gasteiger partial charge is 0.260 e. The Bertz CT molecular complexity index is 1730. The Hall–Kier alpha value is -4.65. The van der Waals surface area contributed by atoms with Crippen LogP contribution in [0.15, 0.2) is 48.9 Å². The van der Waals surface area contributed by atoms with E-state index >= 15 is 4.39 Å². The molecule has 4 heterocycles. The molecule has 2 N–H and O–H groups in total. The molecule has 0 atom stereocenters. The van der Waals surface area contributed by atoms with Gasteiger partial charge in [-0.15, -0.1) is 0 Å². The van der Waals surface area contributed by atoms with E-state index in [0.717, 1.165) is 5.56 Å². The number of piperidine rings is 1. The maximum atomic E-state index is 15.2. The molecule has 2 aromatic heterocycles. The lowest BCUT2D eigenvalue weighted by molar-refractivity contribution is -0.147. The predicted octanol–water partition coefficient (Wildman–Crippen LogP) is 4.11. The fourth-order valence-corrected chi connectivity index (χ4v) is 5.82. The number of fused-ring (bicyclic) bond motifs is 1. The highest BCUT2D eigenvalue weighted by molar-refractivity contribution is 5.96. The first-order chi connectivity index (χ1) is 21.2. The van der Waals surface area contributed by atoms with Gasteiger partial charge in [-0.05, 0) is 55.9 Å². The molecule has 2 aliphatic heterocycles. The van der Waals surface area contributed by atoms with Gasteiger partial charge in [0.15, 0.2) is 28.7 Å². The number of rotatable bonds is 6. The predicted molar refractivity (Wildman–Crippen MR) is 158 cm³/mol. The average molecular weight is 608 g/mol. The second-order valence-electron chi connectivity index (χ2n) is 11.0. The second-order valence-corrected chi connectivity index (χ2v) is 11.0. The minimum atomic E-state index is -1.84. The van der Waals surface area contributed by atoms with E-state index in [0.29, 0.717) is 54.6 Å². The van der Waals surface area contributed by atoms with E-state index in [-0.39, 0.29) is 43.2 Å². The van der Waals surface area contributed by atoms with Crippen molar-refractivity contribution in [2.45, 2.75) is 25.4 Å². The van der Waals surface area contributed by atoms with E-state index in [1.807, 2.05) is 13.0 Å². The van der Waals surface area contributed by atoms with Crippen LogP contribution in [0.1, 0.15) is 28.8 Å². The van der Waals surface area contributed by atoms with Gasteiger partial charge in [-0.25, -0.2) is 18.7 Å². The van der Waals surface area contributed by atoms with E-state index < -0.39 is 23.2 Å². The van der Waals surface area contributed by atoms with Gasteiger partial charge < -0.3 is 25.2 Å². The van der Waals surface area contributed by atoms with Crippen molar-refractivity contribution >= 4 is 29.0 Å². The third-order valence-electron chi connectivity index (χ3n) is 8.32. The molecule has 13 heteroatoms. The number of carbonyl (C=O) groups is 2. The van der Waals surface area contributed by atoms with E-state index in [1.165, 1.54) is 36.5 Å². The summed E-state index contributed by atoms with van der Waals surface area (Å²) in [5, 5.41) is 6.28. The molecule has 2 aromatic carbocycles. The number of aryl methyl sites for hydroxylation is 1. The molecule has 0 spiro atoms. The van der Waals surface area contributed by atoms with Crippen molar-refractivity contribution in [2.75, 3.05) is 51.7 Å². The largest absolute Gasteiger partial charge is 0.494 e. The van der Waals surface area contributed by atoms with E-state index in [9.17, 15) is 18.4 Å². The van der Waals surface area contributed by atoms with Crippen molar-refractivity contribution < 1.29 is 27.5 Å². The zero-order valence-electron chi connectivity index (χ0n) is 24.4. The number of nitrogens with zero attached hydrogens (tertiary/aromatic N) is 5. The number of nitrogens with one attached hydrogen (secondary N) is 2. The molecular formula is C31H32F3N7O3. The monoisotopic (exact) mass is 607 g/mol. The summed E-state index contributed by atoms with van der Waals surface area (Å²) in [6, 6.07) is 8.06. The summed E-state index contributed by atoms with van der Waals surface area (Å²) < 4.78 is 50.9. The summed E-state index contributed by atoms with van der Waals surface area (Å²) in [6.07, 6.45) is 4.88. The highest BCUT2D eigenvalue weighted by Gasteiger charge is 2.43. The molecule has 2 aliphatic rings. The molecular weight excluding hydrogens is 575 g/mol. The van der Waals surface area contributed by atoms with E-state index in [4.69, 9.17) is 4.74 Å². The van der Waals surface area contributed by atoms with Gasteiger partial charge in [0.25, 0.3) is 11.8 Å². The molecule has 0 saturated carbocycles. The summed E-state index contributed by atoms with van der Waals surface area (Å²) in [4.78, 5) is 38.2. The van der Waals surface area contributed by atoms with Crippen molar-refractivity contribution in [3.63, 3.8) is 0 Å². The number of methoxy groups -OCH3 is 1. The molecule has 0 bridgehead atoms. The van der Waals surface area contributed by atoms with E-state index in [1.54, 1.807) is 27.6 Å². The number of amides is 2. The lowest BCUT2D eigenvalue weighted by Gasteiger charge is -2.39. The number of ether oxygens (including phenoxy) is 1. The fourth-order valence-electron chi connectivity index (χ4n) is 5.82. The third-order valence-corrected chi connectivity index (χ3v) is 8.32. The zero-order valence-corrected chi connectivity index (χ0v) is 24.4. The number of alkyl halides is 1. The van der Waals surface area contributed by atoms with Gasteiger partial charge in [0.1, 0.15) is 0 Å². The normalized spacial score (nSPS) is 16.7. The lowest BCUT2D eigenvalue weighted by atomic mass is 9.92. The number of halogens is 3. The Morgan fingerprint density at radius 1 is 1.00 bits per heavy atom. The van der Waals surface area contributed by atoms with Gasteiger partial charge in [-0.3, -0.25) is 14.0 Å². The minimum absolute atomic E-state index is 0.0207. The van der Waals surface area contributed by atoms with Crippen LogP contribution in [0.25, 0.3) is 16.9 Å². The molecule has 2 amide bonds. The number of anilines is 2. The van der Waals surface area contributed by atoms with Gasteiger partial charge in [0.05, 0.1) is 19.0 Å². The number of hydrogen-bond acceptors (Lipinski definition) is 7. The molecule has 0 aliphatic carbocycles. The Morgan fingerprint density at radius 2 is 1.73 bits per heavy atom. The van der Waals surface area contributed by atoms with Crippen LogP contribution in [-0.2, 0) is 4.79 Å². The van der Waals surface area contributed by atoms with Crippen molar-refractivity contribution in [3.8, 4) is 17.0 Å².